The molecule has 0 aliphatic carbocycles. The second kappa shape index (κ2) is 9.73. The van der Waals surface area contributed by atoms with E-state index < -0.39 is 0 Å². The average molecular weight is 513 g/mol. The van der Waals surface area contributed by atoms with Gasteiger partial charge in [0.05, 0.1) is 5.69 Å². The summed E-state index contributed by atoms with van der Waals surface area (Å²) in [5, 5.41) is 8.48. The Labute approximate surface area is 209 Å². The quantitative estimate of drug-likeness (QED) is 0.441. The van der Waals surface area contributed by atoms with E-state index in [0.29, 0.717) is 64.7 Å². The molecule has 11 heteroatoms. The number of carbonyl (C=O) groups is 1. The van der Waals surface area contributed by atoms with E-state index in [1.807, 2.05) is 12.1 Å². The number of carbonyl (C=O) groups excluding carboxylic acids is 1. The minimum absolute atomic E-state index is 0.232. The number of piperazine rings is 1. The fourth-order valence-electron chi connectivity index (χ4n) is 3.86. The number of urea groups is 1. The van der Waals surface area contributed by atoms with E-state index >= 15 is 0 Å². The van der Waals surface area contributed by atoms with Crippen molar-refractivity contribution in [3.8, 4) is 10.6 Å². The summed E-state index contributed by atoms with van der Waals surface area (Å²) in [6.45, 7) is 4.48. The number of amides is 2. The third-order valence-electron chi connectivity index (χ3n) is 5.86. The monoisotopic (exact) mass is 512 g/mol. The maximum atomic E-state index is 13.7. The molecule has 1 aliphatic rings. The Morgan fingerprint density at radius 1 is 1.11 bits per heavy atom. The molecule has 180 valence electrons. The molecule has 1 N–H and O–H groups in total. The summed E-state index contributed by atoms with van der Waals surface area (Å²) < 4.78 is 15.1. The van der Waals surface area contributed by atoms with Crippen molar-refractivity contribution in [3.05, 3.63) is 81.0 Å². The third kappa shape index (κ3) is 5.19. The van der Waals surface area contributed by atoms with Crippen LogP contribution in [0.5, 0.6) is 0 Å². The van der Waals surface area contributed by atoms with Gasteiger partial charge in [0.2, 0.25) is 4.96 Å². The van der Waals surface area contributed by atoms with Crippen LogP contribution in [0.3, 0.4) is 0 Å². The van der Waals surface area contributed by atoms with Crippen molar-refractivity contribution in [2.45, 2.75) is 13.5 Å². The van der Waals surface area contributed by atoms with Crippen LogP contribution in [0.25, 0.3) is 15.5 Å². The molecular weight excluding hydrogens is 491 g/mol. The van der Waals surface area contributed by atoms with E-state index in [4.69, 9.17) is 11.6 Å². The SMILES string of the molecule is Cc1ccc(NC(=O)N2CCN(Cc3cc(=O)n4nc(-c5ccc(Cl)cc5)sc4n3)CC2)cc1F. The second-order valence-corrected chi connectivity index (χ2v) is 9.74. The summed E-state index contributed by atoms with van der Waals surface area (Å²) in [6.07, 6.45) is 0. The molecule has 0 spiro atoms. The van der Waals surface area contributed by atoms with Gasteiger partial charge in [0.15, 0.2) is 0 Å². The number of aromatic nitrogens is 3. The van der Waals surface area contributed by atoms with Crippen molar-refractivity contribution in [3.63, 3.8) is 0 Å². The molecule has 1 fully saturated rings. The highest BCUT2D eigenvalue weighted by molar-refractivity contribution is 7.19. The van der Waals surface area contributed by atoms with Crippen LogP contribution in [0.2, 0.25) is 5.02 Å². The molecule has 35 heavy (non-hydrogen) atoms. The lowest BCUT2D eigenvalue weighted by molar-refractivity contribution is 0.142. The maximum absolute atomic E-state index is 13.7. The molecule has 2 amide bonds. The number of fused-ring (bicyclic) bond motifs is 1. The van der Waals surface area contributed by atoms with Crippen molar-refractivity contribution >= 4 is 39.6 Å². The van der Waals surface area contributed by atoms with Gasteiger partial charge >= 0.3 is 6.03 Å². The Balaban J connectivity index is 1.22. The van der Waals surface area contributed by atoms with E-state index in [2.05, 4.69) is 20.3 Å². The van der Waals surface area contributed by atoms with E-state index in [1.165, 1.54) is 28.0 Å². The number of benzene rings is 2. The lowest BCUT2D eigenvalue weighted by Crippen LogP contribution is -2.49. The van der Waals surface area contributed by atoms with Crippen LogP contribution in [0.15, 0.2) is 53.3 Å². The fraction of sp³-hybridized carbons (Fsp3) is 0.250. The highest BCUT2D eigenvalue weighted by Crippen LogP contribution is 2.25. The number of aryl methyl sites for hydroxylation is 1. The smallest absolute Gasteiger partial charge is 0.321 e. The largest absolute Gasteiger partial charge is 0.322 e. The molecule has 1 saturated heterocycles. The average Bonchev–Trinajstić information content (AvgIpc) is 3.27. The van der Waals surface area contributed by atoms with Gasteiger partial charge in [-0.3, -0.25) is 9.69 Å². The van der Waals surface area contributed by atoms with E-state index in [9.17, 15) is 14.0 Å². The zero-order valence-electron chi connectivity index (χ0n) is 18.9. The third-order valence-corrected chi connectivity index (χ3v) is 7.07. The molecule has 0 radical (unpaired) electrons. The Bertz CT molecular complexity index is 1450. The molecule has 8 nitrogen and oxygen atoms in total. The van der Waals surface area contributed by atoms with Gasteiger partial charge in [-0.25, -0.2) is 14.2 Å². The van der Waals surface area contributed by atoms with Gasteiger partial charge in [0, 0.05) is 55.1 Å². The van der Waals surface area contributed by atoms with Gasteiger partial charge in [-0.1, -0.05) is 41.1 Å². The van der Waals surface area contributed by atoms with Gasteiger partial charge in [0.1, 0.15) is 10.8 Å². The highest BCUT2D eigenvalue weighted by Gasteiger charge is 2.22. The van der Waals surface area contributed by atoms with E-state index in [1.54, 1.807) is 36.1 Å². The Morgan fingerprint density at radius 3 is 2.57 bits per heavy atom. The van der Waals surface area contributed by atoms with Gasteiger partial charge in [-0.05, 0) is 36.8 Å². The first-order valence-corrected chi connectivity index (χ1v) is 12.3. The molecule has 4 aromatic rings. The van der Waals surface area contributed by atoms with Crippen molar-refractivity contribution in [2.75, 3.05) is 31.5 Å². The predicted molar refractivity (Wildman–Crippen MR) is 135 cm³/mol. The van der Waals surface area contributed by atoms with Gasteiger partial charge < -0.3 is 10.2 Å². The Morgan fingerprint density at radius 2 is 1.86 bits per heavy atom. The highest BCUT2D eigenvalue weighted by atomic mass is 35.5. The summed E-state index contributed by atoms with van der Waals surface area (Å²) in [5.74, 6) is -0.353. The summed E-state index contributed by atoms with van der Waals surface area (Å²) in [5.41, 5.74) is 2.26. The molecule has 0 bridgehead atoms. The van der Waals surface area contributed by atoms with Gasteiger partial charge in [-0.15, -0.1) is 0 Å². The standard InChI is InChI=1S/C24H22ClFN6O2S/c1-15-2-7-18(12-20(15)26)27-23(34)31-10-8-30(9-11-31)14-19-13-21(33)32-24(28-19)35-22(29-32)16-3-5-17(25)6-4-16/h2-7,12-13H,8-11,14H2,1H3,(H,27,34). The molecule has 0 atom stereocenters. The predicted octanol–water partition coefficient (Wildman–Crippen LogP) is 4.27. The van der Waals surface area contributed by atoms with Crippen LogP contribution >= 0.6 is 22.9 Å². The maximum Gasteiger partial charge on any atom is 0.321 e. The van der Waals surface area contributed by atoms with Crippen LogP contribution in [0.4, 0.5) is 14.9 Å². The summed E-state index contributed by atoms with van der Waals surface area (Å²) in [6, 6.07) is 13.2. The van der Waals surface area contributed by atoms with Crippen molar-refractivity contribution in [1.29, 1.82) is 0 Å². The summed E-state index contributed by atoms with van der Waals surface area (Å²) >= 11 is 7.31. The zero-order chi connectivity index (χ0) is 24.5. The van der Waals surface area contributed by atoms with Crippen molar-refractivity contribution in [2.24, 2.45) is 0 Å². The van der Waals surface area contributed by atoms with Crippen LogP contribution in [-0.4, -0.2) is 56.6 Å². The minimum Gasteiger partial charge on any atom is -0.322 e. The number of nitrogens with zero attached hydrogens (tertiary/aromatic N) is 5. The number of nitrogens with one attached hydrogen (secondary N) is 1. The number of halogens is 2. The second-order valence-electron chi connectivity index (χ2n) is 8.35. The molecule has 1 aliphatic heterocycles. The van der Waals surface area contributed by atoms with Crippen LogP contribution in [-0.2, 0) is 6.54 Å². The molecule has 0 saturated carbocycles. The Hall–Kier alpha value is -3.34. The van der Waals surface area contributed by atoms with Crippen molar-refractivity contribution < 1.29 is 9.18 Å². The van der Waals surface area contributed by atoms with Gasteiger partial charge in [-0.2, -0.15) is 9.61 Å². The molecular formula is C24H22ClFN6O2S. The summed E-state index contributed by atoms with van der Waals surface area (Å²) in [4.78, 5) is 34.2. The molecule has 2 aromatic heterocycles. The van der Waals surface area contributed by atoms with E-state index in [-0.39, 0.29) is 17.4 Å². The number of anilines is 1. The first-order valence-electron chi connectivity index (χ1n) is 11.1. The first kappa shape index (κ1) is 23.4. The first-order chi connectivity index (χ1) is 16.9. The van der Waals surface area contributed by atoms with Crippen molar-refractivity contribution in [1.82, 2.24) is 24.4 Å². The minimum atomic E-state index is -0.353. The molecule has 3 heterocycles. The molecule has 0 unspecified atom stereocenters. The van der Waals surface area contributed by atoms with Crippen LogP contribution < -0.4 is 10.9 Å². The number of rotatable bonds is 4. The van der Waals surface area contributed by atoms with Gasteiger partial charge in [0.25, 0.3) is 5.56 Å². The zero-order valence-corrected chi connectivity index (χ0v) is 20.4. The van der Waals surface area contributed by atoms with Crippen LogP contribution in [0.1, 0.15) is 11.3 Å². The topological polar surface area (TPSA) is 82.8 Å². The summed E-state index contributed by atoms with van der Waals surface area (Å²) in [7, 11) is 0. The van der Waals surface area contributed by atoms with Crippen LogP contribution in [0, 0.1) is 12.7 Å². The lowest BCUT2D eigenvalue weighted by atomic mass is 10.2. The Kier molecular flexibility index (Phi) is 6.50. The normalized spacial score (nSPS) is 14.4. The lowest BCUT2D eigenvalue weighted by Gasteiger charge is -2.34. The number of hydrogen-bond acceptors (Lipinski definition) is 6. The number of hydrogen-bond donors (Lipinski definition) is 1. The molecule has 2 aromatic carbocycles. The van der Waals surface area contributed by atoms with E-state index in [0.717, 1.165) is 5.56 Å². The molecule has 5 rings (SSSR count). The fourth-order valence-corrected chi connectivity index (χ4v) is 4.91.